The molecule has 0 saturated heterocycles. The predicted molar refractivity (Wildman–Crippen MR) is 75.4 cm³/mol. The molecule has 3 rings (SSSR count). The fraction of sp³-hybridized carbons (Fsp3) is 0.154. The summed E-state index contributed by atoms with van der Waals surface area (Å²) in [6.45, 7) is 2.11. The van der Waals surface area contributed by atoms with E-state index < -0.39 is 0 Å². The Hall–Kier alpha value is -2.67. The fourth-order valence-corrected chi connectivity index (χ4v) is 1.86. The van der Waals surface area contributed by atoms with Crippen molar-refractivity contribution in [1.29, 1.82) is 0 Å². The molecule has 0 fully saturated rings. The molecule has 0 radical (unpaired) electrons. The van der Waals surface area contributed by atoms with Gasteiger partial charge in [-0.15, -0.1) is 0 Å². The molecule has 0 bridgehead atoms. The first-order valence-corrected chi connectivity index (χ1v) is 6.24. The van der Waals surface area contributed by atoms with Crippen molar-refractivity contribution in [2.24, 2.45) is 5.84 Å². The van der Waals surface area contributed by atoms with Crippen molar-refractivity contribution < 1.29 is 4.74 Å². The van der Waals surface area contributed by atoms with Crippen LogP contribution in [0.25, 0.3) is 11.0 Å². The lowest BCUT2D eigenvalue weighted by molar-refractivity contribution is 0.469. The van der Waals surface area contributed by atoms with E-state index in [0.717, 1.165) is 6.42 Å². The lowest BCUT2D eigenvalue weighted by Gasteiger charge is -2.07. The minimum Gasteiger partial charge on any atom is -0.438 e. The Morgan fingerprint density at radius 2 is 2.05 bits per heavy atom. The van der Waals surface area contributed by atoms with E-state index in [9.17, 15) is 0 Å². The van der Waals surface area contributed by atoms with Gasteiger partial charge >= 0.3 is 0 Å². The number of anilines is 1. The number of aromatic amines is 1. The summed E-state index contributed by atoms with van der Waals surface area (Å²) in [6.07, 6.45) is 2.60. The Labute approximate surface area is 115 Å². The first kappa shape index (κ1) is 12.4. The molecule has 0 atom stereocenters. The number of ether oxygens (including phenoxy) is 1. The molecular weight excluding hydrogens is 256 g/mol. The number of hydrazine groups is 1. The Morgan fingerprint density at radius 3 is 2.75 bits per heavy atom. The number of fused-ring (bicyclic) bond motifs is 1. The first-order valence-electron chi connectivity index (χ1n) is 6.24. The number of rotatable bonds is 4. The summed E-state index contributed by atoms with van der Waals surface area (Å²) in [5, 5.41) is 7.39. The monoisotopic (exact) mass is 270 g/mol. The van der Waals surface area contributed by atoms with Crippen LogP contribution in [0.1, 0.15) is 12.5 Å². The number of nitrogens with zero attached hydrogens (tertiary/aromatic N) is 3. The number of H-pyrrole nitrogens is 1. The Kier molecular flexibility index (Phi) is 3.18. The molecule has 4 N–H and O–H groups in total. The lowest BCUT2D eigenvalue weighted by Crippen LogP contribution is -2.10. The maximum atomic E-state index is 5.79. The van der Waals surface area contributed by atoms with Gasteiger partial charge in [-0.25, -0.2) is 5.84 Å². The summed E-state index contributed by atoms with van der Waals surface area (Å²) in [5.74, 6) is 6.71. The van der Waals surface area contributed by atoms with Gasteiger partial charge in [0.15, 0.2) is 5.65 Å². The molecule has 0 aliphatic carbocycles. The number of benzene rings is 1. The molecule has 7 heteroatoms. The van der Waals surface area contributed by atoms with Gasteiger partial charge in [0.05, 0.1) is 6.20 Å². The third-order valence-corrected chi connectivity index (χ3v) is 2.95. The van der Waals surface area contributed by atoms with Crippen LogP contribution in [0.2, 0.25) is 0 Å². The first-order chi connectivity index (χ1) is 9.80. The fourth-order valence-electron chi connectivity index (χ4n) is 1.86. The number of hydrogen-bond donors (Lipinski definition) is 3. The number of nitrogens with one attached hydrogen (secondary N) is 2. The second kappa shape index (κ2) is 5.14. The zero-order valence-electron chi connectivity index (χ0n) is 10.9. The average Bonchev–Trinajstić information content (AvgIpc) is 2.96. The molecule has 0 saturated carbocycles. The smallest absolute Gasteiger partial charge is 0.242 e. The number of aromatic nitrogens is 4. The highest BCUT2D eigenvalue weighted by Crippen LogP contribution is 2.27. The van der Waals surface area contributed by atoms with E-state index in [1.807, 2.05) is 24.3 Å². The van der Waals surface area contributed by atoms with Crippen LogP contribution < -0.4 is 16.0 Å². The highest BCUT2D eigenvalue weighted by atomic mass is 16.5. The van der Waals surface area contributed by atoms with Crippen LogP contribution in [-0.4, -0.2) is 20.2 Å². The van der Waals surface area contributed by atoms with E-state index in [4.69, 9.17) is 10.6 Å². The van der Waals surface area contributed by atoms with Gasteiger partial charge in [-0.1, -0.05) is 19.1 Å². The summed E-state index contributed by atoms with van der Waals surface area (Å²) in [6, 6.07) is 7.85. The quantitative estimate of drug-likeness (QED) is 0.495. The van der Waals surface area contributed by atoms with Crippen molar-refractivity contribution in [2.75, 3.05) is 5.43 Å². The average molecular weight is 270 g/mol. The van der Waals surface area contributed by atoms with Crippen molar-refractivity contribution in [3.8, 4) is 11.6 Å². The number of hydrogen-bond acceptors (Lipinski definition) is 6. The lowest BCUT2D eigenvalue weighted by atomic mass is 10.2. The van der Waals surface area contributed by atoms with E-state index in [2.05, 4.69) is 32.5 Å². The summed E-state index contributed by atoms with van der Waals surface area (Å²) >= 11 is 0. The predicted octanol–water partition coefficient (Wildman–Crippen LogP) is 1.99. The maximum absolute atomic E-state index is 5.79. The molecular formula is C13H14N6O. The van der Waals surface area contributed by atoms with Crippen molar-refractivity contribution in [2.45, 2.75) is 13.3 Å². The SMILES string of the molecule is CCc1ccc(Oc2nc(NN)nc3[nH]ncc23)cc1. The summed E-state index contributed by atoms with van der Waals surface area (Å²) < 4.78 is 5.79. The maximum Gasteiger partial charge on any atom is 0.242 e. The number of nitrogens with two attached hydrogens (primary N) is 1. The van der Waals surface area contributed by atoms with Gasteiger partial charge in [-0.2, -0.15) is 15.1 Å². The van der Waals surface area contributed by atoms with Crippen molar-refractivity contribution in [3.05, 3.63) is 36.0 Å². The standard InChI is InChI=1S/C13H14N6O/c1-2-8-3-5-9(6-4-8)20-12-10-7-15-19-11(10)16-13(17-12)18-14/h3-7H,2,14H2,1H3,(H2,15,16,17,18,19). The van der Waals surface area contributed by atoms with Crippen molar-refractivity contribution >= 4 is 17.0 Å². The van der Waals surface area contributed by atoms with Crippen LogP contribution in [0.15, 0.2) is 30.5 Å². The topological polar surface area (TPSA) is 102 Å². The van der Waals surface area contributed by atoms with Gasteiger partial charge in [0, 0.05) is 0 Å². The van der Waals surface area contributed by atoms with Crippen LogP contribution in [0, 0.1) is 0 Å². The second-order valence-electron chi connectivity index (χ2n) is 4.23. The minimum absolute atomic E-state index is 0.266. The van der Waals surface area contributed by atoms with Gasteiger partial charge in [-0.3, -0.25) is 10.5 Å². The van der Waals surface area contributed by atoms with Gasteiger partial charge < -0.3 is 4.74 Å². The second-order valence-corrected chi connectivity index (χ2v) is 4.23. The Balaban J connectivity index is 1.98. The van der Waals surface area contributed by atoms with E-state index in [-0.39, 0.29) is 5.95 Å². The van der Waals surface area contributed by atoms with Crippen LogP contribution in [-0.2, 0) is 6.42 Å². The molecule has 20 heavy (non-hydrogen) atoms. The highest BCUT2D eigenvalue weighted by molar-refractivity contribution is 5.80. The molecule has 102 valence electrons. The number of aryl methyl sites for hydroxylation is 1. The molecule has 7 nitrogen and oxygen atoms in total. The Morgan fingerprint density at radius 1 is 1.25 bits per heavy atom. The van der Waals surface area contributed by atoms with Crippen molar-refractivity contribution in [3.63, 3.8) is 0 Å². The summed E-state index contributed by atoms with van der Waals surface area (Å²) in [4.78, 5) is 8.34. The van der Waals surface area contributed by atoms with Gasteiger partial charge in [0.1, 0.15) is 11.1 Å². The van der Waals surface area contributed by atoms with Gasteiger partial charge in [0.2, 0.25) is 11.8 Å². The molecule has 0 spiro atoms. The largest absolute Gasteiger partial charge is 0.438 e. The van der Waals surface area contributed by atoms with Crippen LogP contribution in [0.4, 0.5) is 5.95 Å². The van der Waals surface area contributed by atoms with Crippen LogP contribution in [0.3, 0.4) is 0 Å². The molecule has 2 aromatic heterocycles. The van der Waals surface area contributed by atoms with E-state index in [1.165, 1.54) is 5.56 Å². The van der Waals surface area contributed by atoms with Gasteiger partial charge in [-0.05, 0) is 24.1 Å². The third-order valence-electron chi connectivity index (χ3n) is 2.95. The molecule has 3 aromatic rings. The van der Waals surface area contributed by atoms with Crippen molar-refractivity contribution in [1.82, 2.24) is 20.2 Å². The minimum atomic E-state index is 0.266. The molecule has 0 unspecified atom stereocenters. The van der Waals surface area contributed by atoms with E-state index >= 15 is 0 Å². The van der Waals surface area contributed by atoms with E-state index in [0.29, 0.717) is 22.7 Å². The third kappa shape index (κ3) is 2.26. The molecule has 0 aliphatic rings. The van der Waals surface area contributed by atoms with Crippen LogP contribution >= 0.6 is 0 Å². The van der Waals surface area contributed by atoms with Crippen LogP contribution in [0.5, 0.6) is 11.6 Å². The zero-order valence-corrected chi connectivity index (χ0v) is 10.9. The number of nitrogen functional groups attached to an aromatic ring is 1. The normalized spacial score (nSPS) is 10.7. The summed E-state index contributed by atoms with van der Waals surface area (Å²) in [7, 11) is 0. The summed E-state index contributed by atoms with van der Waals surface area (Å²) in [5.41, 5.74) is 4.21. The zero-order chi connectivity index (χ0) is 13.9. The highest BCUT2D eigenvalue weighted by Gasteiger charge is 2.11. The molecule has 0 aliphatic heterocycles. The van der Waals surface area contributed by atoms with Gasteiger partial charge in [0.25, 0.3) is 0 Å². The molecule has 2 heterocycles. The molecule has 1 aromatic carbocycles. The van der Waals surface area contributed by atoms with E-state index in [1.54, 1.807) is 6.20 Å². The Bertz CT molecular complexity index is 721. The molecule has 0 amide bonds.